The molecule has 27 heavy (non-hydrogen) atoms. The van der Waals surface area contributed by atoms with Crippen molar-refractivity contribution in [3.8, 4) is 0 Å². The van der Waals surface area contributed by atoms with Crippen LogP contribution in [0.1, 0.15) is 23.2 Å². The number of rotatable bonds is 8. The summed E-state index contributed by atoms with van der Waals surface area (Å²) in [5.74, 6) is -0.988. The van der Waals surface area contributed by atoms with E-state index < -0.39 is 15.9 Å². The van der Waals surface area contributed by atoms with Gasteiger partial charge in [0, 0.05) is 18.0 Å². The fourth-order valence-corrected chi connectivity index (χ4v) is 3.66. The van der Waals surface area contributed by atoms with Crippen LogP contribution in [0, 0.1) is 0 Å². The number of nitrogens with zero attached hydrogens (tertiary/aromatic N) is 1. The normalized spacial score (nSPS) is 11.0. The highest BCUT2D eigenvalue weighted by Gasteiger charge is 2.18. The van der Waals surface area contributed by atoms with E-state index in [0.717, 1.165) is 6.26 Å². The van der Waals surface area contributed by atoms with Gasteiger partial charge in [-0.15, -0.1) is 0 Å². The summed E-state index contributed by atoms with van der Waals surface area (Å²) in [5.41, 5.74) is 6.25. The number of anilines is 2. The number of carbonyl (C=O) groups excluding carboxylic acids is 2. The molecule has 9 heteroatoms. The van der Waals surface area contributed by atoms with E-state index in [2.05, 4.69) is 5.32 Å². The Balaban J connectivity index is 2.01. The summed E-state index contributed by atoms with van der Waals surface area (Å²) < 4.78 is 25.3. The average molecular weight is 410 g/mol. The molecule has 0 saturated carbocycles. The molecule has 7 nitrogen and oxygen atoms in total. The average Bonchev–Trinajstić information content (AvgIpc) is 2.58. The van der Waals surface area contributed by atoms with Crippen molar-refractivity contribution in [3.63, 3.8) is 0 Å². The number of benzene rings is 2. The number of hydrogen-bond donors (Lipinski definition) is 2. The Hall–Kier alpha value is -2.58. The number of para-hydroxylation sites is 1. The van der Waals surface area contributed by atoms with E-state index in [1.807, 2.05) is 0 Å². The van der Waals surface area contributed by atoms with Crippen molar-refractivity contribution in [2.75, 3.05) is 22.4 Å². The topological polar surface area (TPSA) is 110 Å². The maximum absolute atomic E-state index is 12.2. The Labute approximate surface area is 163 Å². The molecule has 0 bridgehead atoms. The van der Waals surface area contributed by atoms with E-state index in [1.54, 1.807) is 42.5 Å². The van der Waals surface area contributed by atoms with Gasteiger partial charge in [-0.3, -0.25) is 13.9 Å². The lowest BCUT2D eigenvalue weighted by atomic mass is 10.1. The molecule has 0 unspecified atom stereocenters. The third-order valence-corrected chi connectivity index (χ3v) is 5.16. The van der Waals surface area contributed by atoms with E-state index in [9.17, 15) is 18.0 Å². The van der Waals surface area contributed by atoms with Crippen LogP contribution in [0.15, 0.2) is 48.5 Å². The maximum Gasteiger partial charge on any atom is 0.250 e. The maximum atomic E-state index is 12.2. The number of carbonyl (C=O) groups is 2. The van der Waals surface area contributed by atoms with Crippen LogP contribution in [0.3, 0.4) is 0 Å². The molecule has 3 N–H and O–H groups in total. The molecule has 0 spiro atoms. The molecule has 2 aromatic carbocycles. The predicted octanol–water partition coefficient (Wildman–Crippen LogP) is 2.62. The summed E-state index contributed by atoms with van der Waals surface area (Å²) in [5, 5.41) is 3.04. The van der Waals surface area contributed by atoms with Gasteiger partial charge in [0.15, 0.2) is 0 Å². The minimum Gasteiger partial charge on any atom is -0.366 e. The fraction of sp³-hybridized carbons (Fsp3) is 0.222. The quantitative estimate of drug-likeness (QED) is 0.698. The zero-order valence-electron chi connectivity index (χ0n) is 14.7. The second-order valence-corrected chi connectivity index (χ2v) is 8.22. The van der Waals surface area contributed by atoms with E-state index in [0.29, 0.717) is 16.4 Å². The Kier molecular flexibility index (Phi) is 6.81. The fourth-order valence-electron chi connectivity index (χ4n) is 2.52. The molecule has 0 heterocycles. The van der Waals surface area contributed by atoms with Crippen LogP contribution in [-0.4, -0.2) is 33.0 Å². The number of nitrogens with one attached hydrogen (secondary N) is 1. The summed E-state index contributed by atoms with van der Waals surface area (Å²) in [6.45, 7) is 0.115. The summed E-state index contributed by atoms with van der Waals surface area (Å²) >= 11 is 5.93. The third kappa shape index (κ3) is 5.97. The minimum atomic E-state index is -3.53. The van der Waals surface area contributed by atoms with Crippen LogP contribution in [0.25, 0.3) is 0 Å². The Morgan fingerprint density at radius 1 is 1.15 bits per heavy atom. The smallest absolute Gasteiger partial charge is 0.250 e. The van der Waals surface area contributed by atoms with Crippen molar-refractivity contribution in [1.29, 1.82) is 0 Å². The third-order valence-electron chi connectivity index (χ3n) is 3.73. The highest BCUT2D eigenvalue weighted by Crippen LogP contribution is 2.22. The van der Waals surface area contributed by atoms with Crippen LogP contribution in [0.4, 0.5) is 11.4 Å². The zero-order chi connectivity index (χ0) is 20.0. The van der Waals surface area contributed by atoms with Crippen LogP contribution < -0.4 is 15.4 Å². The highest BCUT2D eigenvalue weighted by molar-refractivity contribution is 7.92. The zero-order valence-corrected chi connectivity index (χ0v) is 16.3. The highest BCUT2D eigenvalue weighted by atomic mass is 35.5. The molecular formula is C18H20ClN3O4S. The van der Waals surface area contributed by atoms with Crippen LogP contribution in [0.2, 0.25) is 5.02 Å². The number of halogens is 1. The van der Waals surface area contributed by atoms with Gasteiger partial charge < -0.3 is 11.1 Å². The van der Waals surface area contributed by atoms with Crippen molar-refractivity contribution in [2.45, 2.75) is 12.8 Å². The van der Waals surface area contributed by atoms with Gasteiger partial charge in [-0.2, -0.15) is 0 Å². The van der Waals surface area contributed by atoms with Gasteiger partial charge >= 0.3 is 0 Å². The first-order chi connectivity index (χ1) is 12.7. The van der Waals surface area contributed by atoms with E-state index >= 15 is 0 Å². The van der Waals surface area contributed by atoms with Gasteiger partial charge in [-0.1, -0.05) is 29.8 Å². The standard InChI is InChI=1S/C18H20ClN3O4S/c1-27(25,26)22(14-7-4-6-13(19)12-14)11-5-10-17(23)21-16-9-3-2-8-15(16)18(20)24/h2-4,6-9,12H,5,10-11H2,1H3,(H2,20,24)(H,21,23). The SMILES string of the molecule is CS(=O)(=O)N(CCCC(=O)Nc1ccccc1C(N)=O)c1cccc(Cl)c1. The molecule has 0 atom stereocenters. The molecule has 2 amide bonds. The molecule has 0 radical (unpaired) electrons. The first-order valence-electron chi connectivity index (χ1n) is 8.10. The molecule has 0 aliphatic rings. The summed E-state index contributed by atoms with van der Waals surface area (Å²) in [4.78, 5) is 23.5. The summed E-state index contributed by atoms with van der Waals surface area (Å²) in [6.07, 6.45) is 1.45. The largest absolute Gasteiger partial charge is 0.366 e. The summed E-state index contributed by atoms with van der Waals surface area (Å²) in [7, 11) is -3.53. The second kappa shape index (κ2) is 8.88. The Morgan fingerprint density at radius 3 is 2.48 bits per heavy atom. The lowest BCUT2D eigenvalue weighted by molar-refractivity contribution is -0.116. The van der Waals surface area contributed by atoms with Gasteiger partial charge in [0.05, 0.1) is 23.2 Å². The molecule has 0 fully saturated rings. The Bertz CT molecular complexity index is 947. The molecule has 2 aromatic rings. The second-order valence-electron chi connectivity index (χ2n) is 5.88. The van der Waals surface area contributed by atoms with Gasteiger partial charge in [0.2, 0.25) is 15.9 Å². The van der Waals surface area contributed by atoms with E-state index in [4.69, 9.17) is 17.3 Å². The number of sulfonamides is 1. The van der Waals surface area contributed by atoms with Crippen LogP contribution in [0.5, 0.6) is 0 Å². The lowest BCUT2D eigenvalue weighted by Crippen LogP contribution is -2.31. The first-order valence-corrected chi connectivity index (χ1v) is 10.3. The molecule has 0 saturated heterocycles. The number of amides is 2. The molecule has 0 aliphatic carbocycles. The lowest BCUT2D eigenvalue weighted by Gasteiger charge is -2.22. The number of nitrogens with two attached hydrogens (primary N) is 1. The van der Waals surface area contributed by atoms with Crippen molar-refractivity contribution < 1.29 is 18.0 Å². The van der Waals surface area contributed by atoms with Gasteiger partial charge in [0.1, 0.15) is 0 Å². The number of primary amides is 1. The molecule has 0 aromatic heterocycles. The van der Waals surface area contributed by atoms with Crippen molar-refractivity contribution in [3.05, 3.63) is 59.1 Å². The van der Waals surface area contributed by atoms with Gasteiger partial charge in [-0.05, 0) is 36.8 Å². The molecule has 2 rings (SSSR count). The summed E-state index contributed by atoms with van der Waals surface area (Å²) in [6, 6.07) is 12.9. The molecule has 144 valence electrons. The Morgan fingerprint density at radius 2 is 1.85 bits per heavy atom. The predicted molar refractivity (Wildman–Crippen MR) is 106 cm³/mol. The minimum absolute atomic E-state index is 0.0691. The van der Waals surface area contributed by atoms with E-state index in [1.165, 1.54) is 10.4 Å². The molecule has 0 aliphatic heterocycles. The van der Waals surface area contributed by atoms with Crippen LogP contribution >= 0.6 is 11.6 Å². The number of hydrogen-bond acceptors (Lipinski definition) is 4. The van der Waals surface area contributed by atoms with E-state index in [-0.39, 0.29) is 30.9 Å². The van der Waals surface area contributed by atoms with Gasteiger partial charge in [-0.25, -0.2) is 8.42 Å². The van der Waals surface area contributed by atoms with Crippen molar-refractivity contribution in [1.82, 2.24) is 0 Å². The molecular weight excluding hydrogens is 390 g/mol. The first kappa shape index (κ1) is 20.7. The van der Waals surface area contributed by atoms with Gasteiger partial charge in [0.25, 0.3) is 5.91 Å². The van der Waals surface area contributed by atoms with Crippen molar-refractivity contribution in [2.24, 2.45) is 5.73 Å². The van der Waals surface area contributed by atoms with Crippen molar-refractivity contribution >= 4 is 44.8 Å². The monoisotopic (exact) mass is 409 g/mol. The van der Waals surface area contributed by atoms with Crippen LogP contribution in [-0.2, 0) is 14.8 Å².